The van der Waals surface area contributed by atoms with Crippen LogP contribution in [0.3, 0.4) is 0 Å². The van der Waals surface area contributed by atoms with Crippen molar-refractivity contribution in [3.8, 4) is 17.1 Å². The minimum absolute atomic E-state index is 0.800. The highest BCUT2D eigenvalue weighted by Gasteiger charge is 2.16. The number of benzene rings is 4. The van der Waals surface area contributed by atoms with Gasteiger partial charge < -0.3 is 13.7 Å². The van der Waals surface area contributed by atoms with Crippen LogP contribution in [0.4, 0.5) is 0 Å². The fourth-order valence-corrected chi connectivity index (χ4v) is 9.98. The fraction of sp³-hybridized carbons (Fsp3) is 0.0526. The van der Waals surface area contributed by atoms with Crippen LogP contribution in [-0.2, 0) is 19.3 Å². The van der Waals surface area contributed by atoms with Crippen LogP contribution in [0.2, 0.25) is 0 Å². The van der Waals surface area contributed by atoms with Gasteiger partial charge in [-0.15, -0.1) is 0 Å². The van der Waals surface area contributed by atoms with E-state index in [4.69, 9.17) is 0 Å². The predicted octanol–water partition coefficient (Wildman–Crippen LogP) is 11.7. The molecular weight excluding hydrogens is 811 g/mol. The van der Waals surface area contributed by atoms with E-state index in [1.807, 2.05) is 74.2 Å². The Hall–Kier alpha value is -9.00. The molecule has 9 nitrogen and oxygen atoms in total. The van der Waals surface area contributed by atoms with Gasteiger partial charge in [0.1, 0.15) is 5.52 Å². The van der Waals surface area contributed by atoms with Crippen molar-refractivity contribution in [2.45, 2.75) is 19.3 Å². The van der Waals surface area contributed by atoms with Crippen LogP contribution in [0.1, 0.15) is 33.4 Å². The van der Waals surface area contributed by atoms with Crippen LogP contribution in [0.5, 0.6) is 0 Å². The molecule has 66 heavy (non-hydrogen) atoms. The van der Waals surface area contributed by atoms with E-state index in [1.54, 1.807) is 0 Å². The first-order valence-electron chi connectivity index (χ1n) is 22.0. The summed E-state index contributed by atoms with van der Waals surface area (Å²) in [6.45, 7) is 0. The SMILES string of the molecule is c1ncc2c3cnccc3n(-c3ccc(Cc4cc(Cc5ccc(-n6c7ccncc7c7cnccc76)cc5)cc(Cc5ccc(-n6c7ccncc7c7cnccc76)cc5)c4)cc3)c2c#1. The second-order valence-corrected chi connectivity index (χ2v) is 16.9. The highest BCUT2D eigenvalue weighted by atomic mass is 15.0. The lowest BCUT2D eigenvalue weighted by molar-refractivity contribution is 1.08. The number of hydrogen-bond acceptors (Lipinski definition) is 6. The summed E-state index contributed by atoms with van der Waals surface area (Å²) >= 11 is 0. The first-order valence-corrected chi connectivity index (χ1v) is 22.0. The Morgan fingerprint density at radius 3 is 1.00 bits per heavy atom. The maximum Gasteiger partial charge on any atom is 0.109 e. The molecule has 0 bridgehead atoms. The minimum Gasteiger partial charge on any atom is -0.309 e. The summed E-state index contributed by atoms with van der Waals surface area (Å²) in [5, 5.41) is 6.45. The van der Waals surface area contributed by atoms with Crippen molar-refractivity contribution in [1.82, 2.24) is 43.6 Å². The third kappa shape index (κ3) is 6.34. The molecule has 0 aliphatic rings. The van der Waals surface area contributed by atoms with E-state index >= 15 is 0 Å². The molecule has 310 valence electrons. The molecule has 13 aromatic rings. The molecule has 0 radical (unpaired) electrons. The molecule has 0 unspecified atom stereocenters. The molecule has 0 spiro atoms. The van der Waals surface area contributed by atoms with Crippen LogP contribution in [-0.4, -0.2) is 43.6 Å². The Morgan fingerprint density at radius 2 is 0.636 bits per heavy atom. The normalized spacial score (nSPS) is 11.7. The summed E-state index contributed by atoms with van der Waals surface area (Å²) in [6, 6.07) is 47.6. The second kappa shape index (κ2) is 15.4. The van der Waals surface area contributed by atoms with Gasteiger partial charge >= 0.3 is 0 Å². The lowest BCUT2D eigenvalue weighted by atomic mass is 9.94. The zero-order valence-electron chi connectivity index (χ0n) is 35.5. The molecule has 4 aromatic carbocycles. The van der Waals surface area contributed by atoms with E-state index < -0.39 is 0 Å². The zero-order valence-corrected chi connectivity index (χ0v) is 35.5. The first-order chi connectivity index (χ1) is 32.7. The number of fused-ring (bicyclic) bond motifs is 9. The van der Waals surface area contributed by atoms with E-state index in [1.165, 1.54) is 33.4 Å². The van der Waals surface area contributed by atoms with E-state index in [2.05, 4.69) is 171 Å². The van der Waals surface area contributed by atoms with Gasteiger partial charge in [-0.3, -0.25) is 24.9 Å². The minimum atomic E-state index is 0.800. The smallest absolute Gasteiger partial charge is 0.109 e. The standard InChI is InChI=1S/C57H37N9/c1-7-43(64-52-13-19-58-31-46(52)47-32-59-20-14-53(47)64)8-2-37(1)25-40-28-41(26-38-3-9-44(10-4-38)65-54-15-21-60-33-48(54)49-34-61-22-16-55(49)65)30-42(29-40)27-39-5-11-45(12-6-39)66-56-17-23-62-35-50(56)51-36-63-24-18-57(51)66/h1-17,19-23,28-36H,25-27H2. The summed E-state index contributed by atoms with van der Waals surface area (Å²) in [7, 11) is 0. The maximum absolute atomic E-state index is 4.41. The van der Waals surface area contributed by atoms with Crippen LogP contribution in [0.25, 0.3) is 82.5 Å². The lowest BCUT2D eigenvalue weighted by Crippen LogP contribution is -1.99. The summed E-state index contributed by atoms with van der Waals surface area (Å²) in [5.41, 5.74) is 17.3. The molecule has 0 N–H and O–H groups in total. The maximum atomic E-state index is 4.41. The molecule has 13 rings (SSSR count). The molecule has 0 atom stereocenters. The molecule has 0 aliphatic heterocycles. The van der Waals surface area contributed by atoms with Crippen molar-refractivity contribution < 1.29 is 0 Å². The van der Waals surface area contributed by atoms with E-state index in [9.17, 15) is 0 Å². The van der Waals surface area contributed by atoms with Crippen molar-refractivity contribution in [3.63, 3.8) is 0 Å². The Bertz CT molecular complexity index is 3370. The quantitative estimate of drug-likeness (QED) is 0.144. The number of pyridine rings is 5. The van der Waals surface area contributed by atoms with Gasteiger partial charge in [0.15, 0.2) is 0 Å². The summed E-state index contributed by atoms with van der Waals surface area (Å²) in [4.78, 5) is 26.3. The van der Waals surface area contributed by atoms with Crippen molar-refractivity contribution in [2.75, 3.05) is 0 Å². The first kappa shape index (κ1) is 37.5. The molecule has 9 heterocycles. The van der Waals surface area contributed by atoms with E-state index in [-0.39, 0.29) is 0 Å². The molecule has 9 aromatic heterocycles. The molecule has 0 fully saturated rings. The molecular formula is C57H37N9. The number of aromatic nitrogens is 9. The average Bonchev–Trinajstić information content (AvgIpc) is 4.01. The molecule has 0 saturated carbocycles. The van der Waals surface area contributed by atoms with Crippen LogP contribution in [0.15, 0.2) is 189 Å². The highest BCUT2D eigenvalue weighted by molar-refractivity contribution is 6.10. The lowest BCUT2D eigenvalue weighted by Gasteiger charge is -2.13. The van der Waals surface area contributed by atoms with Crippen LogP contribution in [0, 0.1) is 12.3 Å². The molecule has 0 amide bonds. The van der Waals surface area contributed by atoms with Crippen molar-refractivity contribution in [3.05, 3.63) is 235 Å². The van der Waals surface area contributed by atoms with Gasteiger partial charge in [-0.1, -0.05) is 54.6 Å². The van der Waals surface area contributed by atoms with Gasteiger partial charge in [-0.2, -0.15) is 0 Å². The zero-order chi connectivity index (χ0) is 43.6. The summed E-state index contributed by atoms with van der Waals surface area (Å²) in [5.74, 6) is 0. The number of nitrogens with zero attached hydrogens (tertiary/aromatic N) is 9. The second-order valence-electron chi connectivity index (χ2n) is 16.9. The number of hydrogen-bond donors (Lipinski definition) is 0. The summed E-state index contributed by atoms with van der Waals surface area (Å²) in [6.07, 6.45) is 26.0. The highest BCUT2D eigenvalue weighted by Crippen LogP contribution is 2.34. The third-order valence-electron chi connectivity index (χ3n) is 12.9. The molecule has 0 saturated heterocycles. The number of rotatable bonds is 9. The van der Waals surface area contributed by atoms with Crippen molar-refractivity contribution in [1.29, 1.82) is 0 Å². The Labute approximate surface area is 379 Å². The Kier molecular flexibility index (Phi) is 8.74. The van der Waals surface area contributed by atoms with Gasteiger partial charge in [0.05, 0.1) is 27.6 Å². The van der Waals surface area contributed by atoms with Gasteiger partial charge in [0, 0.05) is 124 Å². The van der Waals surface area contributed by atoms with Gasteiger partial charge in [-0.05, 0) is 125 Å². The summed E-state index contributed by atoms with van der Waals surface area (Å²) < 4.78 is 6.82. The van der Waals surface area contributed by atoms with Gasteiger partial charge in [0.2, 0.25) is 0 Å². The molecule has 9 heteroatoms. The van der Waals surface area contributed by atoms with Crippen LogP contribution >= 0.6 is 0 Å². The fourth-order valence-electron chi connectivity index (χ4n) is 9.98. The van der Waals surface area contributed by atoms with Gasteiger partial charge in [-0.25, -0.2) is 4.98 Å². The third-order valence-corrected chi connectivity index (χ3v) is 12.9. The van der Waals surface area contributed by atoms with Crippen molar-refractivity contribution >= 4 is 65.4 Å². The van der Waals surface area contributed by atoms with E-state index in [0.717, 1.165) is 102 Å². The van der Waals surface area contributed by atoms with Crippen molar-refractivity contribution in [2.24, 2.45) is 0 Å². The predicted molar refractivity (Wildman–Crippen MR) is 262 cm³/mol. The van der Waals surface area contributed by atoms with Gasteiger partial charge in [0.25, 0.3) is 0 Å². The largest absolute Gasteiger partial charge is 0.309 e. The average molecular weight is 848 g/mol. The van der Waals surface area contributed by atoms with E-state index in [0.29, 0.717) is 0 Å². The monoisotopic (exact) mass is 847 g/mol. The topological polar surface area (TPSA) is 92.1 Å². The Morgan fingerprint density at radius 1 is 0.318 bits per heavy atom. The molecule has 0 aliphatic carbocycles. The Balaban J connectivity index is 0.835. The van der Waals surface area contributed by atoms with Crippen LogP contribution < -0.4 is 0 Å².